The van der Waals surface area contributed by atoms with E-state index < -0.39 is 12.0 Å². The van der Waals surface area contributed by atoms with E-state index in [0.29, 0.717) is 18.1 Å². The molecule has 0 saturated heterocycles. The van der Waals surface area contributed by atoms with Crippen LogP contribution >= 0.6 is 23.1 Å². The fourth-order valence-corrected chi connectivity index (χ4v) is 4.05. The van der Waals surface area contributed by atoms with Crippen molar-refractivity contribution in [3.8, 4) is 5.75 Å². The van der Waals surface area contributed by atoms with Gasteiger partial charge in [-0.3, -0.25) is 4.79 Å². The average Bonchev–Trinajstić information content (AvgIpc) is 3.02. The molecule has 0 saturated carbocycles. The Bertz CT molecular complexity index is 677. The standard InChI is InChI=1S/C16H23N3O3S2.C2H6/c1-19(2)6-3-7-22-11-4-5-13-14(8-11)24-15(18-13)10-23-9-12(17)16(20)21;1-2/h4-5,8,12H,3,6-7,9-10,17H2,1-2H3,(H,20,21);1-2H3. The van der Waals surface area contributed by atoms with Gasteiger partial charge in [-0.05, 0) is 38.7 Å². The lowest BCUT2D eigenvalue weighted by Crippen LogP contribution is -2.32. The maximum absolute atomic E-state index is 10.7. The van der Waals surface area contributed by atoms with E-state index in [4.69, 9.17) is 15.6 Å². The molecule has 146 valence electrons. The lowest BCUT2D eigenvalue weighted by molar-refractivity contribution is -0.137. The van der Waals surface area contributed by atoms with E-state index in [1.807, 2.05) is 46.1 Å². The summed E-state index contributed by atoms with van der Waals surface area (Å²) in [6, 6.07) is 5.09. The van der Waals surface area contributed by atoms with Gasteiger partial charge in [-0.2, -0.15) is 11.8 Å². The fraction of sp³-hybridized carbons (Fsp3) is 0.556. The predicted octanol–water partition coefficient (Wildman–Crippen LogP) is 3.30. The van der Waals surface area contributed by atoms with Crippen molar-refractivity contribution in [2.75, 3.05) is 33.0 Å². The molecule has 0 fully saturated rings. The van der Waals surface area contributed by atoms with Crippen LogP contribution in [0.15, 0.2) is 18.2 Å². The van der Waals surface area contributed by atoms with Crippen molar-refractivity contribution in [1.29, 1.82) is 0 Å². The first-order valence-corrected chi connectivity index (χ1v) is 10.7. The number of benzene rings is 1. The van der Waals surface area contributed by atoms with Gasteiger partial charge in [0.1, 0.15) is 16.8 Å². The van der Waals surface area contributed by atoms with Crippen LogP contribution < -0.4 is 10.5 Å². The maximum Gasteiger partial charge on any atom is 0.321 e. The van der Waals surface area contributed by atoms with E-state index in [9.17, 15) is 4.79 Å². The van der Waals surface area contributed by atoms with Gasteiger partial charge in [-0.15, -0.1) is 11.3 Å². The number of nitrogens with zero attached hydrogens (tertiary/aromatic N) is 2. The second-order valence-electron chi connectivity index (χ2n) is 5.70. The highest BCUT2D eigenvalue weighted by Crippen LogP contribution is 2.28. The van der Waals surface area contributed by atoms with Crippen molar-refractivity contribution in [2.24, 2.45) is 5.73 Å². The second-order valence-corrected chi connectivity index (χ2v) is 7.85. The molecule has 0 bridgehead atoms. The Kier molecular flexibility index (Phi) is 10.6. The SMILES string of the molecule is CC.CN(C)CCCOc1ccc2nc(CSCC(N)C(=O)O)sc2c1. The number of hydrogen-bond acceptors (Lipinski definition) is 7. The van der Waals surface area contributed by atoms with E-state index in [-0.39, 0.29) is 0 Å². The molecule has 0 amide bonds. The Balaban J connectivity index is 0.00000163. The first-order chi connectivity index (χ1) is 12.5. The van der Waals surface area contributed by atoms with Crippen molar-refractivity contribution in [1.82, 2.24) is 9.88 Å². The van der Waals surface area contributed by atoms with E-state index >= 15 is 0 Å². The number of carboxylic acids is 1. The Morgan fingerprint density at radius 3 is 2.81 bits per heavy atom. The van der Waals surface area contributed by atoms with Crippen molar-refractivity contribution in [2.45, 2.75) is 32.1 Å². The zero-order valence-corrected chi connectivity index (χ0v) is 17.5. The molecule has 0 aliphatic rings. The van der Waals surface area contributed by atoms with E-state index in [0.717, 1.165) is 33.9 Å². The zero-order chi connectivity index (χ0) is 19.5. The predicted molar refractivity (Wildman–Crippen MR) is 111 cm³/mol. The molecule has 0 spiro atoms. The average molecular weight is 400 g/mol. The van der Waals surface area contributed by atoms with Crippen LogP contribution in [0.5, 0.6) is 5.75 Å². The Morgan fingerprint density at radius 2 is 2.15 bits per heavy atom. The minimum absolute atomic E-state index is 0.380. The number of carboxylic acid groups (broad SMARTS) is 1. The minimum atomic E-state index is -0.970. The minimum Gasteiger partial charge on any atom is -0.493 e. The molecule has 1 unspecified atom stereocenters. The van der Waals surface area contributed by atoms with Crippen molar-refractivity contribution in [3.05, 3.63) is 23.2 Å². The third kappa shape index (κ3) is 7.90. The summed E-state index contributed by atoms with van der Waals surface area (Å²) >= 11 is 3.10. The molecule has 1 heterocycles. The number of thioether (sulfide) groups is 1. The Labute approximate surface area is 163 Å². The van der Waals surface area contributed by atoms with Gasteiger partial charge >= 0.3 is 5.97 Å². The van der Waals surface area contributed by atoms with Gasteiger partial charge in [0.25, 0.3) is 0 Å². The van der Waals surface area contributed by atoms with Crippen molar-refractivity contribution < 1.29 is 14.6 Å². The monoisotopic (exact) mass is 399 g/mol. The van der Waals surface area contributed by atoms with Crippen LogP contribution in [-0.4, -0.2) is 60.0 Å². The van der Waals surface area contributed by atoms with Crippen LogP contribution in [0, 0.1) is 0 Å². The van der Waals surface area contributed by atoms with Crippen molar-refractivity contribution >= 4 is 39.3 Å². The van der Waals surface area contributed by atoms with Gasteiger partial charge in [-0.25, -0.2) is 4.98 Å². The van der Waals surface area contributed by atoms with Gasteiger partial charge in [0.15, 0.2) is 0 Å². The quantitative estimate of drug-likeness (QED) is 0.593. The first kappa shape index (κ1) is 22.7. The van der Waals surface area contributed by atoms with Gasteiger partial charge < -0.3 is 20.5 Å². The smallest absolute Gasteiger partial charge is 0.321 e. The first-order valence-electron chi connectivity index (χ1n) is 8.69. The number of fused-ring (bicyclic) bond motifs is 1. The molecule has 0 aliphatic carbocycles. The van der Waals surface area contributed by atoms with E-state index in [1.165, 1.54) is 11.8 Å². The highest BCUT2D eigenvalue weighted by Gasteiger charge is 2.12. The summed E-state index contributed by atoms with van der Waals surface area (Å²) in [5.41, 5.74) is 6.44. The van der Waals surface area contributed by atoms with Gasteiger partial charge in [-0.1, -0.05) is 13.8 Å². The number of thiazole rings is 1. The number of aliphatic carboxylic acids is 1. The highest BCUT2D eigenvalue weighted by atomic mass is 32.2. The molecular formula is C18H29N3O3S2. The van der Waals surface area contributed by atoms with E-state index in [2.05, 4.69) is 9.88 Å². The van der Waals surface area contributed by atoms with E-state index in [1.54, 1.807) is 11.3 Å². The number of nitrogens with two attached hydrogens (primary N) is 1. The van der Waals surface area contributed by atoms with Crippen molar-refractivity contribution in [3.63, 3.8) is 0 Å². The van der Waals surface area contributed by atoms with Crippen LogP contribution in [0.25, 0.3) is 10.2 Å². The molecule has 26 heavy (non-hydrogen) atoms. The molecule has 0 radical (unpaired) electrons. The summed E-state index contributed by atoms with van der Waals surface area (Å²) in [5.74, 6) is 0.935. The molecule has 1 atom stereocenters. The number of hydrogen-bond donors (Lipinski definition) is 2. The van der Waals surface area contributed by atoms with Crippen LogP contribution in [-0.2, 0) is 10.5 Å². The van der Waals surface area contributed by atoms with Crippen LogP contribution in [0.2, 0.25) is 0 Å². The van der Waals surface area contributed by atoms with Crippen LogP contribution in [0.3, 0.4) is 0 Å². The topological polar surface area (TPSA) is 88.7 Å². The third-order valence-corrected chi connectivity index (χ3v) is 5.54. The molecule has 8 heteroatoms. The number of ether oxygens (including phenoxy) is 1. The lowest BCUT2D eigenvalue weighted by Gasteiger charge is -2.10. The van der Waals surface area contributed by atoms with Crippen LogP contribution in [0.1, 0.15) is 25.3 Å². The highest BCUT2D eigenvalue weighted by molar-refractivity contribution is 7.98. The summed E-state index contributed by atoms with van der Waals surface area (Å²) in [4.78, 5) is 17.4. The molecule has 3 N–H and O–H groups in total. The summed E-state index contributed by atoms with van der Waals surface area (Å²) in [5, 5.41) is 9.74. The zero-order valence-electron chi connectivity index (χ0n) is 15.9. The molecule has 1 aromatic carbocycles. The third-order valence-electron chi connectivity index (χ3n) is 3.26. The summed E-state index contributed by atoms with van der Waals surface area (Å²) in [6.07, 6.45) is 0.986. The Morgan fingerprint density at radius 1 is 1.42 bits per heavy atom. The second kappa shape index (κ2) is 12.1. The summed E-state index contributed by atoms with van der Waals surface area (Å²) in [7, 11) is 4.10. The van der Waals surface area contributed by atoms with Gasteiger partial charge in [0, 0.05) is 18.1 Å². The summed E-state index contributed by atoms with van der Waals surface area (Å²) < 4.78 is 6.86. The largest absolute Gasteiger partial charge is 0.493 e. The number of aromatic nitrogens is 1. The number of rotatable bonds is 10. The fourth-order valence-electron chi connectivity index (χ4n) is 2.02. The maximum atomic E-state index is 10.7. The molecule has 0 aliphatic heterocycles. The molecule has 2 aromatic rings. The number of carbonyl (C=O) groups is 1. The Hall–Kier alpha value is -1.35. The van der Waals surface area contributed by atoms with Gasteiger partial charge in [0.2, 0.25) is 0 Å². The molecular weight excluding hydrogens is 370 g/mol. The molecule has 6 nitrogen and oxygen atoms in total. The van der Waals surface area contributed by atoms with Gasteiger partial charge in [0.05, 0.1) is 16.8 Å². The van der Waals surface area contributed by atoms with Crippen LogP contribution in [0.4, 0.5) is 0 Å². The normalized spacial score (nSPS) is 11.9. The molecule has 1 aromatic heterocycles. The summed E-state index contributed by atoms with van der Waals surface area (Å²) in [6.45, 7) is 5.70. The molecule has 2 rings (SSSR count). The lowest BCUT2D eigenvalue weighted by atomic mass is 10.3.